The molecule has 3 aromatic rings. The Labute approximate surface area is 219 Å². The van der Waals surface area contributed by atoms with Crippen molar-refractivity contribution in [1.29, 1.82) is 0 Å². The number of nitro benzene ring substituents is 1. The Morgan fingerprint density at radius 3 is 2.35 bits per heavy atom. The number of ether oxygens (including phenoxy) is 1. The SMILES string of the molecule is O=C1S/C(=C/c2cc(Br)ccc2Oc2ccc(C(F)(F)F)cc2[N+](=O)[O-])C(=O)N1Cc1ccc(F)cc1. The van der Waals surface area contributed by atoms with Gasteiger partial charge in [-0.05, 0) is 65.9 Å². The largest absolute Gasteiger partial charge is 0.449 e. The van der Waals surface area contributed by atoms with Crippen LogP contribution in [0.4, 0.5) is 28.0 Å². The highest BCUT2D eigenvalue weighted by atomic mass is 79.9. The first kappa shape index (κ1) is 26.4. The number of nitrogens with zero attached hydrogens (tertiary/aromatic N) is 2. The van der Waals surface area contributed by atoms with Crippen molar-refractivity contribution in [2.24, 2.45) is 0 Å². The van der Waals surface area contributed by atoms with E-state index in [2.05, 4.69) is 15.9 Å². The smallest absolute Gasteiger partial charge is 0.416 e. The zero-order valence-electron chi connectivity index (χ0n) is 18.3. The summed E-state index contributed by atoms with van der Waals surface area (Å²) in [5.41, 5.74) is -1.34. The standard InChI is InChI=1S/C24H13BrF4N2O5S/c25-16-4-8-19(36-20-7-3-15(24(27,28)29)11-18(20)31(34)35)14(9-16)10-21-22(32)30(23(33)37-21)12-13-1-5-17(26)6-2-13/h1-11H,12H2/b21-10+. The quantitative estimate of drug-likeness (QED) is 0.126. The van der Waals surface area contributed by atoms with E-state index in [4.69, 9.17) is 4.74 Å². The molecule has 0 aliphatic carbocycles. The third kappa shape index (κ3) is 6.00. The van der Waals surface area contributed by atoms with Gasteiger partial charge in [-0.25, -0.2) is 4.39 Å². The summed E-state index contributed by atoms with van der Waals surface area (Å²) >= 11 is 3.92. The van der Waals surface area contributed by atoms with Gasteiger partial charge in [0.25, 0.3) is 11.1 Å². The molecule has 0 radical (unpaired) electrons. The summed E-state index contributed by atoms with van der Waals surface area (Å²) in [6.45, 7) is -0.0815. The lowest BCUT2D eigenvalue weighted by Gasteiger charge is -2.13. The van der Waals surface area contributed by atoms with Gasteiger partial charge in [-0.3, -0.25) is 24.6 Å². The van der Waals surface area contributed by atoms with Crippen molar-refractivity contribution in [2.45, 2.75) is 12.7 Å². The number of rotatable bonds is 6. The van der Waals surface area contributed by atoms with Gasteiger partial charge in [-0.2, -0.15) is 13.2 Å². The molecule has 1 heterocycles. The number of thioether (sulfide) groups is 1. The van der Waals surface area contributed by atoms with Crippen molar-refractivity contribution in [3.05, 3.63) is 103 Å². The van der Waals surface area contributed by atoms with Gasteiger partial charge in [0.1, 0.15) is 11.6 Å². The predicted molar refractivity (Wildman–Crippen MR) is 130 cm³/mol. The van der Waals surface area contributed by atoms with Crippen molar-refractivity contribution < 1.29 is 36.8 Å². The van der Waals surface area contributed by atoms with Crippen molar-refractivity contribution >= 4 is 50.6 Å². The first-order valence-corrected chi connectivity index (χ1v) is 11.9. The van der Waals surface area contributed by atoms with Gasteiger partial charge in [0, 0.05) is 16.1 Å². The van der Waals surface area contributed by atoms with E-state index in [0.29, 0.717) is 33.9 Å². The van der Waals surface area contributed by atoms with E-state index in [-0.39, 0.29) is 22.8 Å². The van der Waals surface area contributed by atoms with Crippen LogP contribution in [0.3, 0.4) is 0 Å². The fourth-order valence-corrected chi connectivity index (χ4v) is 4.52. The molecule has 37 heavy (non-hydrogen) atoms. The maximum atomic E-state index is 13.2. The number of halogens is 5. The Bertz CT molecular complexity index is 1440. The third-order valence-electron chi connectivity index (χ3n) is 5.09. The van der Waals surface area contributed by atoms with Crippen LogP contribution < -0.4 is 4.74 Å². The molecule has 1 fully saturated rings. The fourth-order valence-electron chi connectivity index (χ4n) is 3.32. The maximum absolute atomic E-state index is 13.2. The van der Waals surface area contributed by atoms with Gasteiger partial charge >= 0.3 is 11.9 Å². The van der Waals surface area contributed by atoms with Crippen LogP contribution in [0.5, 0.6) is 11.5 Å². The van der Waals surface area contributed by atoms with Crippen molar-refractivity contribution in [1.82, 2.24) is 4.90 Å². The number of carbonyl (C=O) groups excluding carboxylic acids is 2. The second-order valence-corrected chi connectivity index (χ2v) is 9.52. The van der Waals surface area contributed by atoms with Crippen LogP contribution >= 0.6 is 27.7 Å². The molecular formula is C24H13BrF4N2O5S. The van der Waals surface area contributed by atoms with Gasteiger partial charge in [-0.1, -0.05) is 28.1 Å². The van der Waals surface area contributed by atoms with Crippen LogP contribution in [0.2, 0.25) is 0 Å². The molecule has 0 atom stereocenters. The van der Waals surface area contributed by atoms with Crippen LogP contribution in [0.1, 0.15) is 16.7 Å². The van der Waals surface area contributed by atoms with Crippen molar-refractivity contribution in [2.75, 3.05) is 0 Å². The summed E-state index contributed by atoms with van der Waals surface area (Å²) in [6.07, 6.45) is -3.45. The highest BCUT2D eigenvalue weighted by Crippen LogP contribution is 2.40. The van der Waals surface area contributed by atoms with E-state index in [1.807, 2.05) is 0 Å². The average Bonchev–Trinajstić information content (AvgIpc) is 3.08. The number of hydrogen-bond acceptors (Lipinski definition) is 6. The first-order valence-electron chi connectivity index (χ1n) is 10.3. The Morgan fingerprint density at radius 2 is 1.70 bits per heavy atom. The zero-order valence-corrected chi connectivity index (χ0v) is 20.7. The average molecular weight is 597 g/mol. The van der Waals surface area contributed by atoms with Crippen molar-refractivity contribution in [3.8, 4) is 11.5 Å². The van der Waals surface area contributed by atoms with Gasteiger partial charge in [0.15, 0.2) is 0 Å². The molecule has 0 saturated carbocycles. The molecule has 2 amide bonds. The second-order valence-electron chi connectivity index (χ2n) is 7.62. The van der Waals surface area contributed by atoms with Crippen LogP contribution in [-0.4, -0.2) is 21.0 Å². The molecule has 1 aliphatic rings. The zero-order chi connectivity index (χ0) is 26.9. The van der Waals surface area contributed by atoms with Gasteiger partial charge in [-0.15, -0.1) is 0 Å². The molecule has 1 aliphatic heterocycles. The van der Waals surface area contributed by atoms with E-state index in [9.17, 15) is 37.3 Å². The number of imide groups is 1. The lowest BCUT2D eigenvalue weighted by molar-refractivity contribution is -0.385. The second kappa shape index (κ2) is 10.3. The van der Waals surface area contributed by atoms with E-state index >= 15 is 0 Å². The van der Waals surface area contributed by atoms with E-state index in [0.717, 1.165) is 11.0 Å². The molecule has 0 aromatic heterocycles. The molecule has 4 rings (SSSR count). The van der Waals surface area contributed by atoms with Gasteiger partial charge < -0.3 is 4.74 Å². The number of carbonyl (C=O) groups is 2. The van der Waals surface area contributed by atoms with Crippen LogP contribution in [0, 0.1) is 15.9 Å². The summed E-state index contributed by atoms with van der Waals surface area (Å²) in [5, 5.41) is 10.9. The monoisotopic (exact) mass is 596 g/mol. The molecule has 13 heteroatoms. The van der Waals surface area contributed by atoms with Crippen LogP contribution in [0.25, 0.3) is 6.08 Å². The van der Waals surface area contributed by atoms with Gasteiger partial charge in [0.05, 0.1) is 21.9 Å². The minimum absolute atomic E-state index is 0.00334. The Kier molecular flexibility index (Phi) is 7.37. The number of alkyl halides is 3. The minimum atomic E-state index is -4.79. The fraction of sp³-hybridized carbons (Fsp3) is 0.0833. The molecule has 0 bridgehead atoms. The predicted octanol–water partition coefficient (Wildman–Crippen LogP) is 7.54. The topological polar surface area (TPSA) is 89.7 Å². The van der Waals surface area contributed by atoms with Crippen LogP contribution in [-0.2, 0) is 17.5 Å². The summed E-state index contributed by atoms with van der Waals surface area (Å²) in [7, 11) is 0. The van der Waals surface area contributed by atoms with E-state index < -0.39 is 45.1 Å². The van der Waals surface area contributed by atoms with Crippen LogP contribution in [0.15, 0.2) is 70.0 Å². The lowest BCUT2D eigenvalue weighted by Crippen LogP contribution is -2.27. The summed E-state index contributed by atoms with van der Waals surface area (Å²) in [4.78, 5) is 36.8. The molecule has 7 nitrogen and oxygen atoms in total. The normalized spacial score (nSPS) is 14.9. The van der Waals surface area contributed by atoms with E-state index in [1.165, 1.54) is 48.5 Å². The maximum Gasteiger partial charge on any atom is 0.416 e. The van der Waals surface area contributed by atoms with Gasteiger partial charge in [0.2, 0.25) is 5.75 Å². The number of amides is 2. The molecule has 1 saturated heterocycles. The number of hydrogen-bond donors (Lipinski definition) is 0. The molecule has 0 unspecified atom stereocenters. The van der Waals surface area contributed by atoms with E-state index in [1.54, 1.807) is 0 Å². The lowest BCUT2D eigenvalue weighted by atomic mass is 10.1. The molecule has 190 valence electrons. The Balaban J connectivity index is 1.65. The summed E-state index contributed by atoms with van der Waals surface area (Å²) in [6, 6.07) is 11.6. The van der Waals surface area contributed by atoms with Crippen molar-refractivity contribution in [3.63, 3.8) is 0 Å². The highest BCUT2D eigenvalue weighted by Gasteiger charge is 2.36. The molecule has 0 spiro atoms. The third-order valence-corrected chi connectivity index (χ3v) is 6.49. The molecule has 3 aromatic carbocycles. The summed E-state index contributed by atoms with van der Waals surface area (Å²) < 4.78 is 58.4. The highest BCUT2D eigenvalue weighted by molar-refractivity contribution is 9.10. The number of nitro groups is 1. The molecular weight excluding hydrogens is 584 g/mol. The summed E-state index contributed by atoms with van der Waals surface area (Å²) in [5.74, 6) is -1.53. The number of benzene rings is 3. The minimum Gasteiger partial charge on any atom is -0.449 e. The Morgan fingerprint density at radius 1 is 1.03 bits per heavy atom. The Hall–Kier alpha value is -3.71. The molecule has 0 N–H and O–H groups in total. The first-order chi connectivity index (χ1) is 17.4.